The maximum atomic E-state index is 13.4. The smallest absolute Gasteiger partial charge is 0.328 e. The molecule has 1 atom stereocenters. The summed E-state index contributed by atoms with van der Waals surface area (Å²) in [6.45, 7) is 2.93. The first-order chi connectivity index (χ1) is 13.8. The standard InChI is InChI=1S/C21H22F2N2O4/c1-3-29-21(28)14(2)24-19(26)13-25(18-7-5-4-6-8-18)20(27)11-15-9-16(22)12-17(23)10-15/h4-10,12,14H,3,11,13H2,1-2H3,(H,24,26)/t14-/m0/s1. The van der Waals surface area contributed by atoms with Crippen molar-refractivity contribution in [3.8, 4) is 0 Å². The molecule has 0 aromatic heterocycles. The van der Waals surface area contributed by atoms with E-state index in [1.807, 2.05) is 0 Å². The molecule has 29 heavy (non-hydrogen) atoms. The monoisotopic (exact) mass is 404 g/mol. The Labute approximate surface area is 167 Å². The van der Waals surface area contributed by atoms with E-state index in [1.165, 1.54) is 11.8 Å². The molecule has 2 aromatic rings. The second kappa shape index (κ2) is 10.3. The van der Waals surface area contributed by atoms with Gasteiger partial charge in [-0.15, -0.1) is 0 Å². The van der Waals surface area contributed by atoms with Crippen LogP contribution in [0.3, 0.4) is 0 Å². The van der Waals surface area contributed by atoms with Crippen molar-refractivity contribution in [3.63, 3.8) is 0 Å². The van der Waals surface area contributed by atoms with Crippen molar-refractivity contribution in [2.45, 2.75) is 26.3 Å². The van der Waals surface area contributed by atoms with E-state index in [0.29, 0.717) is 11.8 Å². The Morgan fingerprint density at radius 2 is 1.69 bits per heavy atom. The zero-order chi connectivity index (χ0) is 21.4. The molecule has 0 saturated heterocycles. The normalized spacial score (nSPS) is 11.4. The van der Waals surface area contributed by atoms with Crippen LogP contribution in [0.15, 0.2) is 48.5 Å². The molecular formula is C21H22F2N2O4. The average Bonchev–Trinajstić information content (AvgIpc) is 2.66. The van der Waals surface area contributed by atoms with Gasteiger partial charge in [0.25, 0.3) is 0 Å². The summed E-state index contributed by atoms with van der Waals surface area (Å²) in [5.74, 6) is -3.28. The van der Waals surface area contributed by atoms with Gasteiger partial charge in [-0.05, 0) is 43.7 Å². The second-order valence-corrected chi connectivity index (χ2v) is 6.31. The molecule has 0 aliphatic heterocycles. The molecule has 0 heterocycles. The minimum Gasteiger partial charge on any atom is -0.464 e. The van der Waals surface area contributed by atoms with Crippen molar-refractivity contribution in [1.82, 2.24) is 5.32 Å². The van der Waals surface area contributed by atoms with Crippen LogP contribution in [0.5, 0.6) is 0 Å². The van der Waals surface area contributed by atoms with Crippen LogP contribution in [0, 0.1) is 11.6 Å². The molecule has 1 N–H and O–H groups in total. The number of halogens is 2. The maximum absolute atomic E-state index is 13.4. The lowest BCUT2D eigenvalue weighted by molar-refractivity contribution is -0.146. The quantitative estimate of drug-likeness (QED) is 0.687. The Balaban J connectivity index is 2.16. The van der Waals surface area contributed by atoms with Crippen molar-refractivity contribution in [2.75, 3.05) is 18.1 Å². The fraction of sp³-hybridized carbons (Fsp3) is 0.286. The number of anilines is 1. The highest BCUT2D eigenvalue weighted by Crippen LogP contribution is 2.16. The van der Waals surface area contributed by atoms with Gasteiger partial charge in [0.05, 0.1) is 13.0 Å². The summed E-state index contributed by atoms with van der Waals surface area (Å²) in [4.78, 5) is 38.1. The number of amides is 2. The molecule has 2 aromatic carbocycles. The summed E-state index contributed by atoms with van der Waals surface area (Å²) in [5, 5.41) is 2.47. The molecule has 154 valence electrons. The zero-order valence-electron chi connectivity index (χ0n) is 16.2. The van der Waals surface area contributed by atoms with Crippen LogP contribution >= 0.6 is 0 Å². The number of esters is 1. The first-order valence-electron chi connectivity index (χ1n) is 9.06. The number of rotatable bonds is 8. The first-order valence-corrected chi connectivity index (χ1v) is 9.06. The fourth-order valence-electron chi connectivity index (χ4n) is 2.67. The molecule has 2 rings (SSSR count). The highest BCUT2D eigenvalue weighted by atomic mass is 19.1. The third-order valence-electron chi connectivity index (χ3n) is 3.97. The molecule has 8 heteroatoms. The van der Waals surface area contributed by atoms with Crippen molar-refractivity contribution in [2.24, 2.45) is 0 Å². The molecule has 0 aliphatic carbocycles. The summed E-state index contributed by atoms with van der Waals surface area (Å²) < 4.78 is 31.7. The van der Waals surface area contributed by atoms with Gasteiger partial charge in [0.1, 0.15) is 24.2 Å². The molecule has 6 nitrogen and oxygen atoms in total. The van der Waals surface area contributed by atoms with E-state index in [-0.39, 0.29) is 25.1 Å². The number of nitrogens with zero attached hydrogens (tertiary/aromatic N) is 1. The summed E-state index contributed by atoms with van der Waals surface area (Å²) in [5.41, 5.74) is 0.585. The molecule has 2 amide bonds. The highest BCUT2D eigenvalue weighted by Gasteiger charge is 2.23. The van der Waals surface area contributed by atoms with E-state index in [9.17, 15) is 23.2 Å². The van der Waals surface area contributed by atoms with Crippen molar-refractivity contribution in [1.29, 1.82) is 0 Å². The molecule has 0 saturated carbocycles. The lowest BCUT2D eigenvalue weighted by Gasteiger charge is -2.23. The Kier molecular flexibility index (Phi) is 7.82. The van der Waals surface area contributed by atoms with E-state index < -0.39 is 35.5 Å². The van der Waals surface area contributed by atoms with Crippen LogP contribution in [0.4, 0.5) is 14.5 Å². The predicted molar refractivity (Wildman–Crippen MR) is 103 cm³/mol. The molecule has 0 fully saturated rings. The average molecular weight is 404 g/mol. The van der Waals surface area contributed by atoms with Gasteiger partial charge < -0.3 is 15.0 Å². The highest BCUT2D eigenvalue weighted by molar-refractivity contribution is 6.00. The van der Waals surface area contributed by atoms with Crippen LogP contribution < -0.4 is 10.2 Å². The van der Waals surface area contributed by atoms with Crippen LogP contribution in [-0.2, 0) is 25.5 Å². The maximum Gasteiger partial charge on any atom is 0.328 e. The Morgan fingerprint density at radius 3 is 2.28 bits per heavy atom. The molecule has 0 unspecified atom stereocenters. The van der Waals surface area contributed by atoms with Crippen LogP contribution in [-0.4, -0.2) is 37.0 Å². The van der Waals surface area contributed by atoms with E-state index in [2.05, 4.69) is 5.32 Å². The van der Waals surface area contributed by atoms with Crippen LogP contribution in [0.2, 0.25) is 0 Å². The summed E-state index contributed by atoms with van der Waals surface area (Å²) in [6.07, 6.45) is -0.301. The predicted octanol–water partition coefficient (Wildman–Crippen LogP) is 2.61. The molecule has 0 spiro atoms. The third-order valence-corrected chi connectivity index (χ3v) is 3.97. The second-order valence-electron chi connectivity index (χ2n) is 6.31. The summed E-state index contributed by atoms with van der Waals surface area (Å²) in [7, 11) is 0. The summed E-state index contributed by atoms with van der Waals surface area (Å²) in [6, 6.07) is 10.3. The minimum atomic E-state index is -0.882. The number of hydrogen-bond donors (Lipinski definition) is 1. The van der Waals surface area contributed by atoms with Gasteiger partial charge in [-0.25, -0.2) is 13.6 Å². The number of benzene rings is 2. The minimum absolute atomic E-state index is 0.147. The number of ether oxygens (including phenoxy) is 1. The number of carbonyl (C=O) groups is 3. The van der Waals surface area contributed by atoms with Gasteiger partial charge in [0.15, 0.2) is 0 Å². The lowest BCUT2D eigenvalue weighted by atomic mass is 10.1. The third kappa shape index (κ3) is 6.67. The van der Waals surface area contributed by atoms with E-state index >= 15 is 0 Å². The fourth-order valence-corrected chi connectivity index (χ4v) is 2.67. The molecule has 0 bridgehead atoms. The van der Waals surface area contributed by atoms with Gasteiger partial charge in [0, 0.05) is 11.8 Å². The Morgan fingerprint density at radius 1 is 1.07 bits per heavy atom. The van der Waals surface area contributed by atoms with Crippen molar-refractivity contribution >= 4 is 23.5 Å². The number of carbonyl (C=O) groups excluding carboxylic acids is 3. The number of hydrogen-bond acceptors (Lipinski definition) is 4. The first kappa shape index (κ1) is 22.0. The number of nitrogens with one attached hydrogen (secondary N) is 1. The van der Waals surface area contributed by atoms with Gasteiger partial charge in [-0.2, -0.15) is 0 Å². The van der Waals surface area contributed by atoms with Crippen LogP contribution in [0.25, 0.3) is 0 Å². The lowest BCUT2D eigenvalue weighted by Crippen LogP contribution is -2.46. The molecule has 0 aliphatic rings. The SMILES string of the molecule is CCOC(=O)[C@H](C)NC(=O)CN(C(=O)Cc1cc(F)cc(F)c1)c1ccccc1. The topological polar surface area (TPSA) is 75.7 Å². The summed E-state index contributed by atoms with van der Waals surface area (Å²) >= 11 is 0. The van der Waals surface area contributed by atoms with E-state index in [4.69, 9.17) is 4.74 Å². The van der Waals surface area contributed by atoms with Gasteiger partial charge >= 0.3 is 5.97 Å². The van der Waals surface area contributed by atoms with Crippen LogP contribution in [0.1, 0.15) is 19.4 Å². The Bertz CT molecular complexity index is 854. The Hall–Kier alpha value is -3.29. The van der Waals surface area contributed by atoms with Crippen molar-refractivity contribution in [3.05, 3.63) is 65.7 Å². The number of para-hydroxylation sites is 1. The van der Waals surface area contributed by atoms with Crippen molar-refractivity contribution < 1.29 is 27.9 Å². The van der Waals surface area contributed by atoms with Gasteiger partial charge in [0.2, 0.25) is 11.8 Å². The van der Waals surface area contributed by atoms with E-state index in [1.54, 1.807) is 37.3 Å². The molecule has 0 radical (unpaired) electrons. The largest absolute Gasteiger partial charge is 0.464 e. The van der Waals surface area contributed by atoms with Gasteiger partial charge in [-0.3, -0.25) is 9.59 Å². The van der Waals surface area contributed by atoms with E-state index in [0.717, 1.165) is 12.1 Å². The molecular weight excluding hydrogens is 382 g/mol. The van der Waals surface area contributed by atoms with Gasteiger partial charge in [-0.1, -0.05) is 18.2 Å². The zero-order valence-corrected chi connectivity index (χ0v) is 16.2.